The van der Waals surface area contributed by atoms with Crippen LogP contribution in [0.2, 0.25) is 0 Å². The maximum atomic E-state index is 11.9. The summed E-state index contributed by atoms with van der Waals surface area (Å²) >= 11 is 0. The van der Waals surface area contributed by atoms with Crippen molar-refractivity contribution in [2.75, 3.05) is 0 Å². The fourth-order valence-electron chi connectivity index (χ4n) is 1.01. The van der Waals surface area contributed by atoms with Crippen LogP contribution in [0, 0.1) is 6.07 Å². The molecule has 1 atom stereocenters. The Kier molecular flexibility index (Phi) is 2.93. The van der Waals surface area contributed by atoms with E-state index < -0.39 is 18.6 Å². The molecule has 0 aliphatic carbocycles. The van der Waals surface area contributed by atoms with Crippen LogP contribution in [0.5, 0.6) is 0 Å². The van der Waals surface area contributed by atoms with Gasteiger partial charge in [0, 0.05) is 6.04 Å². The molecular weight excluding hydrogens is 179 g/mol. The topological polar surface area (TPSA) is 26.0 Å². The summed E-state index contributed by atoms with van der Waals surface area (Å²) in [7, 11) is 0. The summed E-state index contributed by atoms with van der Waals surface area (Å²) in [5.41, 5.74) is 5.83. The first-order valence-corrected chi connectivity index (χ1v) is 3.77. The van der Waals surface area contributed by atoms with Gasteiger partial charge in [0.25, 0.3) is 0 Å². The van der Waals surface area contributed by atoms with E-state index in [1.165, 1.54) is 12.1 Å². The highest BCUT2D eigenvalue weighted by molar-refractivity contribution is 5.17. The Morgan fingerprint density at radius 3 is 2.31 bits per heavy atom. The SMILES string of the molecule is NC(CC(F)(F)F)c1cc[c]cc1. The van der Waals surface area contributed by atoms with Crippen molar-refractivity contribution in [2.45, 2.75) is 18.6 Å². The van der Waals surface area contributed by atoms with Crippen molar-refractivity contribution in [3.8, 4) is 0 Å². The van der Waals surface area contributed by atoms with E-state index in [1.54, 1.807) is 12.1 Å². The monoisotopic (exact) mass is 188 g/mol. The standard InChI is InChI=1S/C9H9F3N/c10-9(11,12)6-8(13)7-4-2-1-3-5-7/h2-5,8H,6,13H2. The number of halogens is 3. The summed E-state index contributed by atoms with van der Waals surface area (Å²) in [6, 6.07) is 7.91. The van der Waals surface area contributed by atoms with Gasteiger partial charge in [-0.25, -0.2) is 0 Å². The Balaban J connectivity index is 2.64. The molecule has 0 bridgehead atoms. The molecule has 0 aliphatic rings. The molecule has 2 N–H and O–H groups in total. The highest BCUT2D eigenvalue weighted by Gasteiger charge is 2.30. The van der Waals surface area contributed by atoms with Gasteiger partial charge in [-0.3, -0.25) is 0 Å². The second-order valence-electron chi connectivity index (χ2n) is 2.76. The number of alkyl halides is 3. The summed E-state index contributed by atoms with van der Waals surface area (Å²) in [5.74, 6) is 0. The summed E-state index contributed by atoms with van der Waals surface area (Å²) in [6.07, 6.45) is -5.20. The smallest absolute Gasteiger partial charge is 0.324 e. The maximum Gasteiger partial charge on any atom is 0.390 e. The van der Waals surface area contributed by atoms with Gasteiger partial charge >= 0.3 is 6.18 Å². The second-order valence-corrected chi connectivity index (χ2v) is 2.76. The Bertz CT molecular complexity index is 255. The largest absolute Gasteiger partial charge is 0.390 e. The predicted octanol–water partition coefficient (Wildman–Crippen LogP) is 2.44. The molecule has 1 unspecified atom stereocenters. The van der Waals surface area contributed by atoms with Gasteiger partial charge in [-0.05, 0) is 11.6 Å². The number of hydrogen-bond acceptors (Lipinski definition) is 1. The molecule has 0 fully saturated rings. The van der Waals surface area contributed by atoms with Crippen LogP contribution >= 0.6 is 0 Å². The maximum absolute atomic E-state index is 11.9. The molecule has 1 nitrogen and oxygen atoms in total. The van der Waals surface area contributed by atoms with Crippen LogP contribution in [0.15, 0.2) is 24.3 Å². The first-order chi connectivity index (χ1) is 5.99. The third-order valence-corrected chi connectivity index (χ3v) is 1.62. The molecule has 0 saturated carbocycles. The fourth-order valence-corrected chi connectivity index (χ4v) is 1.01. The normalized spacial score (nSPS) is 14.2. The van der Waals surface area contributed by atoms with Crippen LogP contribution in [-0.4, -0.2) is 6.18 Å². The van der Waals surface area contributed by atoms with E-state index in [2.05, 4.69) is 6.07 Å². The molecule has 4 heteroatoms. The minimum absolute atomic E-state index is 0.482. The van der Waals surface area contributed by atoms with Crippen molar-refractivity contribution < 1.29 is 13.2 Å². The van der Waals surface area contributed by atoms with E-state index in [9.17, 15) is 13.2 Å². The lowest BCUT2D eigenvalue weighted by Gasteiger charge is -2.13. The van der Waals surface area contributed by atoms with Gasteiger partial charge in [-0.15, -0.1) is 0 Å². The van der Waals surface area contributed by atoms with E-state index in [0.717, 1.165) is 0 Å². The van der Waals surface area contributed by atoms with Gasteiger partial charge in [0.05, 0.1) is 6.42 Å². The van der Waals surface area contributed by atoms with E-state index in [4.69, 9.17) is 5.73 Å². The highest BCUT2D eigenvalue weighted by Crippen LogP contribution is 2.27. The molecule has 0 amide bonds. The average Bonchev–Trinajstić information content (AvgIpc) is 2.03. The van der Waals surface area contributed by atoms with Crippen LogP contribution < -0.4 is 5.73 Å². The molecule has 1 radical (unpaired) electrons. The van der Waals surface area contributed by atoms with E-state index in [-0.39, 0.29) is 0 Å². The van der Waals surface area contributed by atoms with Gasteiger partial charge in [-0.2, -0.15) is 13.2 Å². The highest BCUT2D eigenvalue weighted by atomic mass is 19.4. The Labute approximate surface area is 74.4 Å². The molecule has 0 aliphatic heterocycles. The van der Waals surface area contributed by atoms with Crippen molar-refractivity contribution >= 4 is 0 Å². The number of hydrogen-bond donors (Lipinski definition) is 1. The van der Waals surface area contributed by atoms with E-state index >= 15 is 0 Å². The summed E-state index contributed by atoms with van der Waals surface area (Å²) in [5, 5.41) is 0. The molecule has 0 heterocycles. The molecule has 1 rings (SSSR count). The van der Waals surface area contributed by atoms with Crippen LogP contribution in [0.4, 0.5) is 13.2 Å². The van der Waals surface area contributed by atoms with Crippen LogP contribution in [0.1, 0.15) is 18.0 Å². The van der Waals surface area contributed by atoms with Gasteiger partial charge in [0.1, 0.15) is 0 Å². The van der Waals surface area contributed by atoms with Crippen LogP contribution in [-0.2, 0) is 0 Å². The lowest BCUT2D eigenvalue weighted by atomic mass is 10.1. The van der Waals surface area contributed by atoms with Crippen molar-refractivity contribution in [1.29, 1.82) is 0 Å². The molecule has 0 spiro atoms. The zero-order valence-corrected chi connectivity index (χ0v) is 6.81. The fraction of sp³-hybridized carbons (Fsp3) is 0.333. The molecular formula is C9H9F3N. The molecule has 1 aromatic carbocycles. The lowest BCUT2D eigenvalue weighted by Crippen LogP contribution is -2.20. The molecule has 71 valence electrons. The van der Waals surface area contributed by atoms with Crippen LogP contribution in [0.3, 0.4) is 0 Å². The summed E-state index contributed by atoms with van der Waals surface area (Å²) < 4.78 is 35.7. The Morgan fingerprint density at radius 2 is 1.85 bits per heavy atom. The quantitative estimate of drug-likeness (QED) is 0.757. The lowest BCUT2D eigenvalue weighted by molar-refractivity contribution is -0.138. The Hall–Kier alpha value is -1.03. The minimum Gasteiger partial charge on any atom is -0.324 e. The number of benzene rings is 1. The van der Waals surface area contributed by atoms with E-state index in [1.807, 2.05) is 0 Å². The van der Waals surface area contributed by atoms with Gasteiger partial charge in [0.15, 0.2) is 0 Å². The van der Waals surface area contributed by atoms with Crippen molar-refractivity contribution in [1.82, 2.24) is 0 Å². The molecule has 0 aromatic heterocycles. The molecule has 13 heavy (non-hydrogen) atoms. The van der Waals surface area contributed by atoms with Gasteiger partial charge in [-0.1, -0.05) is 24.3 Å². The van der Waals surface area contributed by atoms with Crippen LogP contribution in [0.25, 0.3) is 0 Å². The zero-order valence-electron chi connectivity index (χ0n) is 6.81. The number of nitrogens with two attached hydrogens (primary N) is 1. The van der Waals surface area contributed by atoms with E-state index in [0.29, 0.717) is 5.56 Å². The van der Waals surface area contributed by atoms with Crippen molar-refractivity contribution in [3.05, 3.63) is 35.9 Å². The zero-order chi connectivity index (χ0) is 9.90. The first kappa shape index (κ1) is 10.1. The van der Waals surface area contributed by atoms with Gasteiger partial charge in [0.2, 0.25) is 0 Å². The summed E-state index contributed by atoms with van der Waals surface area (Å²) in [6.45, 7) is 0. The molecule has 0 saturated heterocycles. The summed E-state index contributed by atoms with van der Waals surface area (Å²) in [4.78, 5) is 0. The van der Waals surface area contributed by atoms with Crippen molar-refractivity contribution in [2.24, 2.45) is 5.73 Å². The molecule has 1 aromatic rings. The van der Waals surface area contributed by atoms with Gasteiger partial charge < -0.3 is 5.73 Å². The second kappa shape index (κ2) is 3.79. The number of rotatable bonds is 2. The third kappa shape index (κ3) is 3.46. The van der Waals surface area contributed by atoms with Crippen molar-refractivity contribution in [3.63, 3.8) is 0 Å². The average molecular weight is 188 g/mol. The third-order valence-electron chi connectivity index (χ3n) is 1.62. The minimum atomic E-state index is -4.21. The first-order valence-electron chi connectivity index (χ1n) is 3.77. The Morgan fingerprint density at radius 1 is 1.31 bits per heavy atom. The predicted molar refractivity (Wildman–Crippen MR) is 42.9 cm³/mol.